The number of hydrogen-bond acceptors (Lipinski definition) is 3. The van der Waals surface area contributed by atoms with E-state index in [-0.39, 0.29) is 22.9 Å². The van der Waals surface area contributed by atoms with E-state index in [4.69, 9.17) is 5.11 Å². The minimum Gasteiger partial charge on any atom is -0.478 e. The Morgan fingerprint density at radius 1 is 1.13 bits per heavy atom. The Hall–Kier alpha value is -1.89. The van der Waals surface area contributed by atoms with Crippen molar-refractivity contribution in [1.82, 2.24) is 10.2 Å². The second-order valence-electron chi connectivity index (χ2n) is 4.96. The molecule has 2 N–H and O–H groups in total. The van der Waals surface area contributed by atoms with Crippen molar-refractivity contribution in [3.63, 3.8) is 0 Å². The predicted octanol–water partition coefficient (Wildman–Crippen LogP) is 2.53. The number of halogens is 1. The summed E-state index contributed by atoms with van der Waals surface area (Å²) in [6, 6.07) is 4.31. The molecule has 0 saturated carbocycles. The van der Waals surface area contributed by atoms with Gasteiger partial charge in [0, 0.05) is 36.1 Å². The van der Waals surface area contributed by atoms with Crippen molar-refractivity contribution >= 4 is 33.7 Å². The Balaban J connectivity index is 2.52. The third-order valence-electron chi connectivity index (χ3n) is 3.38. The molecule has 2 amide bonds. The third kappa shape index (κ3) is 6.02. The van der Waals surface area contributed by atoms with E-state index in [1.165, 1.54) is 12.1 Å². The molecule has 7 heteroatoms. The number of carboxylic acids is 1. The Kier molecular flexibility index (Phi) is 7.74. The van der Waals surface area contributed by atoms with Crippen LogP contribution in [-0.4, -0.2) is 47.4 Å². The summed E-state index contributed by atoms with van der Waals surface area (Å²) >= 11 is 3.19. The number of carbonyl (C=O) groups is 3. The number of amides is 2. The molecule has 0 aliphatic heterocycles. The van der Waals surface area contributed by atoms with Gasteiger partial charge in [-0.05, 0) is 38.5 Å². The van der Waals surface area contributed by atoms with E-state index in [1.54, 1.807) is 11.0 Å². The maximum absolute atomic E-state index is 12.0. The molecular formula is C16H21BrN2O4. The number of carbonyl (C=O) groups excluding carboxylic acids is 2. The van der Waals surface area contributed by atoms with Gasteiger partial charge in [0.25, 0.3) is 5.91 Å². The highest BCUT2D eigenvalue weighted by Gasteiger charge is 2.12. The van der Waals surface area contributed by atoms with E-state index in [9.17, 15) is 14.4 Å². The van der Waals surface area contributed by atoms with Gasteiger partial charge in [0.2, 0.25) is 5.91 Å². The van der Waals surface area contributed by atoms with Crippen LogP contribution in [0.4, 0.5) is 0 Å². The minimum atomic E-state index is -1.09. The van der Waals surface area contributed by atoms with Gasteiger partial charge in [-0.25, -0.2) is 4.79 Å². The average Bonchev–Trinajstić information content (AvgIpc) is 2.51. The van der Waals surface area contributed by atoms with Crippen LogP contribution >= 0.6 is 15.9 Å². The van der Waals surface area contributed by atoms with E-state index < -0.39 is 5.97 Å². The molecule has 0 fully saturated rings. The van der Waals surface area contributed by atoms with Gasteiger partial charge in [-0.1, -0.05) is 15.9 Å². The molecule has 0 heterocycles. The number of nitrogens with one attached hydrogen (secondary N) is 1. The summed E-state index contributed by atoms with van der Waals surface area (Å²) in [7, 11) is 0. The Morgan fingerprint density at radius 2 is 1.74 bits per heavy atom. The van der Waals surface area contributed by atoms with Crippen LogP contribution in [0.1, 0.15) is 47.4 Å². The number of rotatable bonds is 8. The summed E-state index contributed by atoms with van der Waals surface area (Å²) in [6.45, 7) is 5.57. The molecule has 0 aliphatic rings. The second-order valence-corrected chi connectivity index (χ2v) is 5.87. The summed E-state index contributed by atoms with van der Waals surface area (Å²) in [5, 5.41) is 11.7. The molecule has 0 atom stereocenters. The first kappa shape index (κ1) is 19.2. The highest BCUT2D eigenvalue weighted by atomic mass is 79.9. The maximum Gasteiger partial charge on any atom is 0.335 e. The van der Waals surface area contributed by atoms with Gasteiger partial charge in [0.15, 0.2) is 0 Å². The lowest BCUT2D eigenvalue weighted by Crippen LogP contribution is -2.31. The molecule has 0 spiro atoms. The molecule has 0 bridgehead atoms. The van der Waals surface area contributed by atoms with Crippen LogP contribution in [0.5, 0.6) is 0 Å². The SMILES string of the molecule is CCN(CC)C(=O)CCCNC(=O)c1cc(Br)cc(C(=O)O)c1. The van der Waals surface area contributed by atoms with Crippen molar-refractivity contribution in [1.29, 1.82) is 0 Å². The third-order valence-corrected chi connectivity index (χ3v) is 3.83. The topological polar surface area (TPSA) is 86.7 Å². The second kappa shape index (κ2) is 9.29. The van der Waals surface area contributed by atoms with E-state index in [0.717, 1.165) is 0 Å². The zero-order chi connectivity index (χ0) is 17.4. The fourth-order valence-electron chi connectivity index (χ4n) is 2.12. The van der Waals surface area contributed by atoms with Crippen molar-refractivity contribution in [2.45, 2.75) is 26.7 Å². The minimum absolute atomic E-state index is 0.0428. The highest BCUT2D eigenvalue weighted by Crippen LogP contribution is 2.16. The Bertz CT molecular complexity index is 585. The van der Waals surface area contributed by atoms with Crippen molar-refractivity contribution in [2.24, 2.45) is 0 Å². The van der Waals surface area contributed by atoms with E-state index in [0.29, 0.717) is 36.9 Å². The first-order valence-corrected chi connectivity index (χ1v) is 8.28. The first-order valence-electron chi connectivity index (χ1n) is 7.48. The van der Waals surface area contributed by atoms with Gasteiger partial charge >= 0.3 is 5.97 Å². The van der Waals surface area contributed by atoms with Gasteiger partial charge in [-0.2, -0.15) is 0 Å². The van der Waals surface area contributed by atoms with Gasteiger partial charge in [-0.15, -0.1) is 0 Å². The predicted molar refractivity (Wildman–Crippen MR) is 90.6 cm³/mol. The number of nitrogens with zero attached hydrogens (tertiary/aromatic N) is 1. The molecular weight excluding hydrogens is 364 g/mol. The van der Waals surface area contributed by atoms with Gasteiger partial charge in [0.1, 0.15) is 0 Å². The smallest absolute Gasteiger partial charge is 0.335 e. The molecule has 1 aromatic carbocycles. The standard InChI is InChI=1S/C16H21BrN2O4/c1-3-19(4-2)14(20)6-5-7-18-15(21)11-8-12(16(22)23)10-13(17)9-11/h8-10H,3-7H2,1-2H3,(H,18,21)(H,22,23). The number of carboxylic acid groups (broad SMARTS) is 1. The monoisotopic (exact) mass is 384 g/mol. The molecule has 1 rings (SSSR count). The van der Waals surface area contributed by atoms with E-state index >= 15 is 0 Å². The number of aromatic carboxylic acids is 1. The molecule has 1 aromatic rings. The fraction of sp³-hybridized carbons (Fsp3) is 0.438. The highest BCUT2D eigenvalue weighted by molar-refractivity contribution is 9.10. The lowest BCUT2D eigenvalue weighted by molar-refractivity contribution is -0.130. The van der Waals surface area contributed by atoms with Crippen molar-refractivity contribution in [2.75, 3.05) is 19.6 Å². The fourth-order valence-corrected chi connectivity index (χ4v) is 2.62. The number of hydrogen-bond donors (Lipinski definition) is 2. The number of benzene rings is 1. The van der Waals surface area contributed by atoms with Crippen LogP contribution < -0.4 is 5.32 Å². The quantitative estimate of drug-likeness (QED) is 0.674. The molecule has 0 aromatic heterocycles. The summed E-state index contributed by atoms with van der Waals surface area (Å²) in [5.74, 6) is -1.38. The van der Waals surface area contributed by atoms with Gasteiger partial charge < -0.3 is 15.3 Å². The average molecular weight is 385 g/mol. The van der Waals surface area contributed by atoms with Crippen LogP contribution in [0.2, 0.25) is 0 Å². The summed E-state index contributed by atoms with van der Waals surface area (Å²) in [6.07, 6.45) is 0.918. The van der Waals surface area contributed by atoms with Crippen LogP contribution in [0.25, 0.3) is 0 Å². The van der Waals surface area contributed by atoms with Crippen LogP contribution in [0, 0.1) is 0 Å². The van der Waals surface area contributed by atoms with Gasteiger partial charge in [0.05, 0.1) is 5.56 Å². The van der Waals surface area contributed by atoms with Crippen molar-refractivity contribution in [3.05, 3.63) is 33.8 Å². The Labute approximate surface area is 144 Å². The lowest BCUT2D eigenvalue weighted by Gasteiger charge is -2.18. The summed E-state index contributed by atoms with van der Waals surface area (Å²) in [5.41, 5.74) is 0.313. The van der Waals surface area contributed by atoms with E-state index in [1.807, 2.05) is 13.8 Å². The first-order chi connectivity index (χ1) is 10.9. The molecule has 0 radical (unpaired) electrons. The maximum atomic E-state index is 12.0. The summed E-state index contributed by atoms with van der Waals surface area (Å²) in [4.78, 5) is 36.6. The van der Waals surface area contributed by atoms with Crippen molar-refractivity contribution < 1.29 is 19.5 Å². The lowest BCUT2D eigenvalue weighted by atomic mass is 10.1. The van der Waals surface area contributed by atoms with Crippen molar-refractivity contribution in [3.8, 4) is 0 Å². The zero-order valence-corrected chi connectivity index (χ0v) is 14.9. The molecule has 0 unspecified atom stereocenters. The largest absolute Gasteiger partial charge is 0.478 e. The van der Waals surface area contributed by atoms with Gasteiger partial charge in [-0.3, -0.25) is 9.59 Å². The molecule has 0 saturated heterocycles. The zero-order valence-electron chi connectivity index (χ0n) is 13.3. The molecule has 0 aliphatic carbocycles. The van der Waals surface area contributed by atoms with Crippen LogP contribution in [0.3, 0.4) is 0 Å². The Morgan fingerprint density at radius 3 is 2.30 bits per heavy atom. The normalized spacial score (nSPS) is 10.2. The molecule has 23 heavy (non-hydrogen) atoms. The van der Waals surface area contributed by atoms with E-state index in [2.05, 4.69) is 21.2 Å². The molecule has 6 nitrogen and oxygen atoms in total. The summed E-state index contributed by atoms with van der Waals surface area (Å²) < 4.78 is 0.527. The molecule has 126 valence electrons. The van der Waals surface area contributed by atoms with Crippen LogP contribution in [-0.2, 0) is 4.79 Å². The van der Waals surface area contributed by atoms with Crippen LogP contribution in [0.15, 0.2) is 22.7 Å².